The van der Waals surface area contributed by atoms with E-state index >= 15 is 0 Å². The Bertz CT molecular complexity index is 1160. The zero-order chi connectivity index (χ0) is 23.2. The van der Waals surface area contributed by atoms with E-state index in [1.807, 2.05) is 50.2 Å². The van der Waals surface area contributed by atoms with Crippen LogP contribution in [-0.2, 0) is 16.6 Å². The van der Waals surface area contributed by atoms with Gasteiger partial charge in [-0.3, -0.25) is 9.00 Å². The zero-order valence-electron chi connectivity index (χ0n) is 19.2. The van der Waals surface area contributed by atoms with Gasteiger partial charge in [-0.2, -0.15) is 0 Å². The summed E-state index contributed by atoms with van der Waals surface area (Å²) in [4.78, 5) is 17.8. The lowest BCUT2D eigenvalue weighted by Crippen LogP contribution is -2.24. The summed E-state index contributed by atoms with van der Waals surface area (Å²) in [6.45, 7) is 4.50. The first-order valence-corrected chi connectivity index (χ1v) is 12.8. The first kappa shape index (κ1) is 23.2. The van der Waals surface area contributed by atoms with Gasteiger partial charge < -0.3 is 9.73 Å². The van der Waals surface area contributed by atoms with Crippen molar-refractivity contribution in [1.29, 1.82) is 0 Å². The van der Waals surface area contributed by atoms with Crippen LogP contribution in [0.5, 0.6) is 0 Å². The number of amides is 1. The molecular weight excluding hydrogens is 432 g/mol. The second-order valence-corrected chi connectivity index (χ2v) is 9.97. The van der Waals surface area contributed by atoms with Gasteiger partial charge >= 0.3 is 0 Å². The average Bonchev–Trinajstić information content (AvgIpc) is 3.20. The van der Waals surface area contributed by atoms with Gasteiger partial charge in [-0.05, 0) is 82.3 Å². The number of nitrogens with one attached hydrogen (secondary N) is 1. The number of aryl methyl sites for hydroxylation is 2. The molecule has 0 bridgehead atoms. The Morgan fingerprint density at radius 1 is 1.06 bits per heavy atom. The third kappa shape index (κ3) is 6.08. The maximum Gasteiger partial charge on any atom is 0.251 e. The fraction of sp³-hybridized carbons (Fsp3) is 0.333. The molecule has 0 spiro atoms. The Morgan fingerprint density at radius 2 is 1.82 bits per heavy atom. The second-order valence-electron chi connectivity index (χ2n) is 8.52. The maximum absolute atomic E-state index is 12.7. The Morgan fingerprint density at radius 3 is 2.52 bits per heavy atom. The standard InChI is InChI=1S/C27H30N2O3S/c1-19-8-14-24(15-9-19)33(31)18-25-20(2)32-27(29-25)23-12-10-22(11-13-23)26(30)28-17-16-21-6-4-3-5-7-21/h6,8-15H,3-5,7,16-18H2,1-2H3,(H,28,30). The molecule has 5 nitrogen and oxygen atoms in total. The summed E-state index contributed by atoms with van der Waals surface area (Å²) < 4.78 is 18.5. The van der Waals surface area contributed by atoms with E-state index in [1.165, 1.54) is 18.4 Å². The average molecular weight is 463 g/mol. The second kappa shape index (κ2) is 10.8. The van der Waals surface area contributed by atoms with Crippen molar-refractivity contribution in [3.63, 3.8) is 0 Å². The van der Waals surface area contributed by atoms with Crippen molar-refractivity contribution in [3.8, 4) is 11.5 Å². The molecule has 33 heavy (non-hydrogen) atoms. The molecule has 0 fully saturated rings. The highest BCUT2D eigenvalue weighted by molar-refractivity contribution is 7.84. The number of hydrogen-bond donors (Lipinski definition) is 1. The smallest absolute Gasteiger partial charge is 0.251 e. The number of nitrogens with zero attached hydrogens (tertiary/aromatic N) is 1. The highest BCUT2D eigenvalue weighted by atomic mass is 32.2. The summed E-state index contributed by atoms with van der Waals surface area (Å²) >= 11 is 0. The molecule has 1 heterocycles. The van der Waals surface area contributed by atoms with Crippen molar-refractivity contribution in [2.45, 2.75) is 56.6 Å². The molecule has 1 aromatic heterocycles. The summed E-state index contributed by atoms with van der Waals surface area (Å²) in [5.41, 5.74) is 4.67. The number of carbonyl (C=O) groups excluding carboxylic acids is 1. The van der Waals surface area contributed by atoms with Crippen LogP contribution in [0.25, 0.3) is 11.5 Å². The molecule has 4 rings (SSSR count). The number of aromatic nitrogens is 1. The van der Waals surface area contributed by atoms with Crippen LogP contribution in [0.4, 0.5) is 0 Å². The quantitative estimate of drug-likeness (QED) is 0.424. The van der Waals surface area contributed by atoms with Crippen molar-refractivity contribution in [2.75, 3.05) is 6.54 Å². The van der Waals surface area contributed by atoms with Gasteiger partial charge in [0.25, 0.3) is 5.91 Å². The molecule has 1 atom stereocenters. The maximum atomic E-state index is 12.7. The van der Waals surface area contributed by atoms with E-state index in [1.54, 1.807) is 12.1 Å². The molecule has 0 aliphatic heterocycles. The van der Waals surface area contributed by atoms with Gasteiger partial charge in [0.1, 0.15) is 5.76 Å². The number of benzene rings is 2. The fourth-order valence-electron chi connectivity index (χ4n) is 3.92. The number of carbonyl (C=O) groups is 1. The van der Waals surface area contributed by atoms with Crippen molar-refractivity contribution >= 4 is 16.7 Å². The van der Waals surface area contributed by atoms with Crippen molar-refractivity contribution < 1.29 is 13.4 Å². The summed E-state index contributed by atoms with van der Waals surface area (Å²) in [6, 6.07) is 14.9. The van der Waals surface area contributed by atoms with Crippen LogP contribution in [-0.4, -0.2) is 21.6 Å². The normalized spacial score (nSPS) is 14.5. The van der Waals surface area contributed by atoms with E-state index in [2.05, 4.69) is 16.4 Å². The summed E-state index contributed by atoms with van der Waals surface area (Å²) in [6.07, 6.45) is 8.08. The van der Waals surface area contributed by atoms with Gasteiger partial charge in [0, 0.05) is 22.6 Å². The van der Waals surface area contributed by atoms with Gasteiger partial charge in [-0.25, -0.2) is 4.98 Å². The Hall–Kier alpha value is -2.99. The van der Waals surface area contributed by atoms with Crippen LogP contribution >= 0.6 is 0 Å². The predicted molar refractivity (Wildman–Crippen MR) is 131 cm³/mol. The first-order chi connectivity index (χ1) is 16.0. The topological polar surface area (TPSA) is 72.2 Å². The van der Waals surface area contributed by atoms with Gasteiger partial charge in [0.05, 0.1) is 22.2 Å². The first-order valence-electron chi connectivity index (χ1n) is 11.5. The van der Waals surface area contributed by atoms with E-state index < -0.39 is 10.8 Å². The van der Waals surface area contributed by atoms with E-state index in [-0.39, 0.29) is 5.91 Å². The lowest BCUT2D eigenvalue weighted by atomic mass is 9.97. The van der Waals surface area contributed by atoms with E-state index in [4.69, 9.17) is 4.42 Å². The third-order valence-electron chi connectivity index (χ3n) is 5.96. The molecule has 1 amide bonds. The minimum absolute atomic E-state index is 0.0734. The van der Waals surface area contributed by atoms with Crippen LogP contribution in [0.3, 0.4) is 0 Å². The van der Waals surface area contributed by atoms with E-state index in [0.717, 1.165) is 35.3 Å². The molecule has 1 unspecified atom stereocenters. The largest absolute Gasteiger partial charge is 0.441 e. The Labute approximate surface area is 197 Å². The minimum atomic E-state index is -1.19. The molecule has 1 aliphatic carbocycles. The molecule has 1 aliphatic rings. The summed E-state index contributed by atoms with van der Waals surface area (Å²) in [5.74, 6) is 1.36. The number of allylic oxidation sites excluding steroid dienone is 1. The van der Waals surface area contributed by atoms with Gasteiger partial charge in [0.15, 0.2) is 0 Å². The molecule has 3 aromatic rings. The van der Waals surface area contributed by atoms with Crippen molar-refractivity contribution in [1.82, 2.24) is 10.3 Å². The van der Waals surface area contributed by atoms with Crippen molar-refractivity contribution in [3.05, 3.63) is 82.8 Å². The van der Waals surface area contributed by atoms with Crippen LogP contribution < -0.4 is 5.32 Å². The van der Waals surface area contributed by atoms with Crippen LogP contribution in [0.15, 0.2) is 69.5 Å². The molecule has 0 radical (unpaired) electrons. The van der Waals surface area contributed by atoms with Gasteiger partial charge in [-0.1, -0.05) is 29.3 Å². The van der Waals surface area contributed by atoms with Gasteiger partial charge in [0.2, 0.25) is 5.89 Å². The van der Waals surface area contributed by atoms with E-state index in [0.29, 0.717) is 35.2 Å². The van der Waals surface area contributed by atoms with Crippen molar-refractivity contribution in [2.24, 2.45) is 0 Å². The molecule has 172 valence electrons. The minimum Gasteiger partial charge on any atom is -0.441 e. The SMILES string of the molecule is Cc1ccc(S(=O)Cc2nc(-c3ccc(C(=O)NCCC4=CCCCC4)cc3)oc2C)cc1. The van der Waals surface area contributed by atoms with E-state index in [9.17, 15) is 9.00 Å². The molecular formula is C27H30N2O3S. The zero-order valence-corrected chi connectivity index (χ0v) is 20.0. The number of hydrogen-bond acceptors (Lipinski definition) is 4. The molecule has 6 heteroatoms. The monoisotopic (exact) mass is 462 g/mol. The molecule has 0 saturated heterocycles. The van der Waals surface area contributed by atoms with Crippen LogP contribution in [0, 0.1) is 13.8 Å². The summed E-state index contributed by atoms with van der Waals surface area (Å²) in [5, 5.41) is 3.01. The molecule has 0 saturated carbocycles. The molecule has 2 aromatic carbocycles. The Kier molecular flexibility index (Phi) is 7.55. The van der Waals surface area contributed by atoms with Gasteiger partial charge in [-0.15, -0.1) is 0 Å². The predicted octanol–water partition coefficient (Wildman–Crippen LogP) is 5.89. The fourth-order valence-corrected chi connectivity index (χ4v) is 5.04. The Balaban J connectivity index is 1.36. The lowest BCUT2D eigenvalue weighted by molar-refractivity contribution is 0.0954. The number of rotatable bonds is 8. The highest BCUT2D eigenvalue weighted by Crippen LogP contribution is 2.24. The number of oxazole rings is 1. The molecule has 1 N–H and O–H groups in total. The van der Waals surface area contributed by atoms with Crippen LogP contribution in [0.1, 0.15) is 59.5 Å². The summed E-state index contributed by atoms with van der Waals surface area (Å²) in [7, 11) is -1.19. The highest BCUT2D eigenvalue weighted by Gasteiger charge is 2.16. The lowest BCUT2D eigenvalue weighted by Gasteiger charge is -2.13. The van der Waals surface area contributed by atoms with Crippen LogP contribution in [0.2, 0.25) is 0 Å². The third-order valence-corrected chi connectivity index (χ3v) is 7.29.